The Kier molecular flexibility index (Phi) is 4.38. The van der Waals surface area contributed by atoms with E-state index in [0.717, 1.165) is 148 Å². The van der Waals surface area contributed by atoms with Crippen molar-refractivity contribution in [3.8, 4) is 0 Å². The van der Waals surface area contributed by atoms with Gasteiger partial charge in [0, 0.05) is 11.8 Å². The maximum absolute atomic E-state index is 13.1. The molecule has 14 fully saturated rings. The highest BCUT2D eigenvalue weighted by molar-refractivity contribution is 5.70. The highest BCUT2D eigenvalue weighted by Gasteiger charge is 2.90. The number of carbonyl (C=O) groups excluding carboxylic acids is 1. The highest BCUT2D eigenvalue weighted by atomic mass is 16.5. The van der Waals surface area contributed by atoms with Crippen molar-refractivity contribution < 1.29 is 9.53 Å². The second-order valence-corrected chi connectivity index (χ2v) is 22.9. The Morgan fingerprint density at radius 2 is 1.18 bits per heavy atom. The van der Waals surface area contributed by atoms with Crippen LogP contribution in [0.1, 0.15) is 76.2 Å². The average molecular weight is 665 g/mol. The van der Waals surface area contributed by atoms with Crippen molar-refractivity contribution >= 4 is 5.97 Å². The van der Waals surface area contributed by atoms with Gasteiger partial charge in [-0.15, -0.1) is 0 Å². The largest absolute Gasteiger partial charge is 0.469 e. The predicted molar refractivity (Wildman–Crippen MR) is 189 cm³/mol. The standard InChI is InChI=1S/C48H56O2/c1-50-29(49)9-10-47(27-5-3-2-4-6-27)28-17-25-15-22-12-20-8-7-19-11-21-13-23-14-24-16-26-18-48(28,47)46-37(25)41-35(22)39-31(20)30(19)38-32(21)33(23)40-34(24)36(26)45(46)44(41)43(40)42(38)39/h2-6,17,19-24,26,28,30-46H,7-16,18H2,1H3. The Labute approximate surface area is 298 Å². The van der Waals surface area contributed by atoms with Crippen molar-refractivity contribution in [2.24, 2.45) is 153 Å². The summed E-state index contributed by atoms with van der Waals surface area (Å²) in [6.07, 6.45) is 19.1. The molecule has 0 amide bonds. The van der Waals surface area contributed by atoms with Gasteiger partial charge in [-0.1, -0.05) is 42.0 Å². The van der Waals surface area contributed by atoms with Gasteiger partial charge >= 0.3 is 5.97 Å². The first-order chi connectivity index (χ1) is 24.6. The Morgan fingerprint density at radius 3 is 1.86 bits per heavy atom. The van der Waals surface area contributed by atoms with E-state index in [1.807, 2.05) is 5.57 Å². The first-order valence-electron chi connectivity index (χ1n) is 22.5. The van der Waals surface area contributed by atoms with Crippen LogP contribution in [0.25, 0.3) is 0 Å². The van der Waals surface area contributed by atoms with E-state index in [1.165, 1.54) is 12.8 Å². The SMILES string of the molecule is COC(=O)CCC1(c2ccccc2)C2C=C3CC4CC5CCC6CC7CC8CC9CC%10CC21C1C3C2C4C3C5C6C4C7C8C5C9C%10C1C2C5C43. The first kappa shape index (κ1) is 27.1. The molecular formula is C48H56O2. The fraction of sp³-hybridized carbons (Fsp3) is 0.812. The Morgan fingerprint density at radius 1 is 0.640 bits per heavy atom. The number of methoxy groups -OCH3 is 1. The highest BCUT2D eigenvalue weighted by Crippen LogP contribution is 2.94. The summed E-state index contributed by atoms with van der Waals surface area (Å²) < 4.78 is 5.42. The smallest absolute Gasteiger partial charge is 0.305 e. The minimum absolute atomic E-state index is 0.0231. The van der Waals surface area contributed by atoms with Crippen molar-refractivity contribution in [1.29, 1.82) is 0 Å². The van der Waals surface area contributed by atoms with Crippen molar-refractivity contribution in [3.63, 3.8) is 0 Å². The molecule has 27 atom stereocenters. The van der Waals surface area contributed by atoms with Crippen LogP contribution < -0.4 is 0 Å². The fourth-order valence-electron chi connectivity index (χ4n) is 24.5. The van der Waals surface area contributed by atoms with Gasteiger partial charge in [-0.2, -0.15) is 0 Å². The number of esters is 1. The summed E-state index contributed by atoms with van der Waals surface area (Å²) in [6, 6.07) is 11.9. The van der Waals surface area contributed by atoms with E-state index in [0.29, 0.717) is 17.8 Å². The topological polar surface area (TPSA) is 26.3 Å². The van der Waals surface area contributed by atoms with Crippen LogP contribution in [0.4, 0.5) is 0 Å². The maximum atomic E-state index is 13.1. The molecule has 50 heavy (non-hydrogen) atoms. The molecule has 0 heterocycles. The number of carbonyl (C=O) groups is 1. The molecule has 0 bridgehead atoms. The lowest BCUT2D eigenvalue weighted by Gasteiger charge is -2.69. The zero-order valence-electron chi connectivity index (χ0n) is 30.0. The van der Waals surface area contributed by atoms with Crippen molar-refractivity contribution in [2.45, 2.75) is 76.0 Å². The number of ether oxygens (including phenoxy) is 1. The van der Waals surface area contributed by atoms with Gasteiger partial charge in [-0.25, -0.2) is 0 Å². The zero-order valence-corrected chi connectivity index (χ0v) is 30.0. The van der Waals surface area contributed by atoms with Crippen LogP contribution >= 0.6 is 0 Å². The van der Waals surface area contributed by atoms with Gasteiger partial charge in [-0.05, 0) is 223 Å². The van der Waals surface area contributed by atoms with Crippen LogP contribution in [-0.4, -0.2) is 13.1 Å². The third-order valence-electron chi connectivity index (χ3n) is 23.5. The molecule has 0 N–H and O–H groups in total. The minimum Gasteiger partial charge on any atom is -0.469 e. The molecule has 15 aliphatic carbocycles. The monoisotopic (exact) mass is 664 g/mol. The van der Waals surface area contributed by atoms with Crippen LogP contribution in [0.5, 0.6) is 0 Å². The van der Waals surface area contributed by atoms with E-state index in [1.54, 1.807) is 57.6 Å². The summed E-state index contributed by atoms with van der Waals surface area (Å²) in [5, 5.41) is 0. The van der Waals surface area contributed by atoms with E-state index < -0.39 is 0 Å². The normalized spacial score (nSPS) is 69.3. The van der Waals surface area contributed by atoms with E-state index in [2.05, 4.69) is 36.4 Å². The molecule has 2 heteroatoms. The number of rotatable bonds is 4. The fourth-order valence-corrected chi connectivity index (χ4v) is 24.5. The van der Waals surface area contributed by atoms with E-state index in [4.69, 9.17) is 4.74 Å². The van der Waals surface area contributed by atoms with Gasteiger partial charge in [0.15, 0.2) is 0 Å². The summed E-state index contributed by atoms with van der Waals surface area (Å²) in [6.45, 7) is 0. The Hall–Kier alpha value is -1.57. The van der Waals surface area contributed by atoms with Crippen molar-refractivity contribution in [1.82, 2.24) is 0 Å². The number of hydrogen-bond acceptors (Lipinski definition) is 2. The minimum atomic E-state index is 0.0231. The van der Waals surface area contributed by atoms with Crippen molar-refractivity contribution in [2.75, 3.05) is 7.11 Å². The summed E-state index contributed by atoms with van der Waals surface area (Å²) in [7, 11) is 1.62. The van der Waals surface area contributed by atoms with Gasteiger partial charge in [0.25, 0.3) is 0 Å². The van der Waals surface area contributed by atoms with E-state index in [9.17, 15) is 4.79 Å². The number of allylic oxidation sites excluding steroid dienone is 2. The van der Waals surface area contributed by atoms with Gasteiger partial charge in [-0.3, -0.25) is 4.79 Å². The number of benzene rings is 1. The molecule has 27 unspecified atom stereocenters. The lowest BCUT2D eigenvalue weighted by atomic mass is 9.35. The van der Waals surface area contributed by atoms with Gasteiger partial charge in [0.1, 0.15) is 0 Å². The van der Waals surface area contributed by atoms with Crippen LogP contribution in [0, 0.1) is 153 Å². The van der Waals surface area contributed by atoms with Crippen LogP contribution in [0.3, 0.4) is 0 Å². The summed E-state index contributed by atoms with van der Waals surface area (Å²) in [5.74, 6) is 26.6. The molecule has 2 nitrogen and oxygen atoms in total. The van der Waals surface area contributed by atoms with Gasteiger partial charge in [0.05, 0.1) is 7.11 Å². The lowest BCUT2D eigenvalue weighted by molar-refractivity contribution is -0.223. The average Bonchev–Trinajstić information content (AvgIpc) is 3.67. The van der Waals surface area contributed by atoms with Crippen molar-refractivity contribution in [3.05, 3.63) is 47.5 Å². The summed E-state index contributed by atoms with van der Waals surface area (Å²) in [4.78, 5) is 13.1. The molecule has 0 aliphatic heterocycles. The lowest BCUT2D eigenvalue weighted by Crippen LogP contribution is -2.66. The molecule has 260 valence electrons. The van der Waals surface area contributed by atoms with Crippen LogP contribution in [0.2, 0.25) is 0 Å². The predicted octanol–water partition coefficient (Wildman–Crippen LogP) is 8.91. The number of hydrogen-bond donors (Lipinski definition) is 0. The summed E-state index contributed by atoms with van der Waals surface area (Å²) in [5.41, 5.74) is 4.13. The molecule has 0 aromatic heterocycles. The van der Waals surface area contributed by atoms with Crippen LogP contribution in [-0.2, 0) is 14.9 Å². The molecule has 1 aromatic rings. The second kappa shape index (κ2) is 8.09. The summed E-state index contributed by atoms with van der Waals surface area (Å²) >= 11 is 0. The quantitative estimate of drug-likeness (QED) is 0.237. The molecular weight excluding hydrogens is 609 g/mol. The molecule has 1 aromatic carbocycles. The van der Waals surface area contributed by atoms with Gasteiger partial charge in [0.2, 0.25) is 0 Å². The molecule has 1 spiro atoms. The van der Waals surface area contributed by atoms with E-state index >= 15 is 0 Å². The van der Waals surface area contributed by atoms with Gasteiger partial charge < -0.3 is 4.74 Å². The molecule has 16 rings (SSSR count). The molecule has 15 aliphatic rings. The third-order valence-corrected chi connectivity index (χ3v) is 23.5. The zero-order chi connectivity index (χ0) is 31.9. The van der Waals surface area contributed by atoms with E-state index in [-0.39, 0.29) is 11.4 Å². The maximum Gasteiger partial charge on any atom is 0.305 e. The first-order valence-corrected chi connectivity index (χ1v) is 22.5. The Bertz CT molecular complexity index is 1830. The molecule has 0 radical (unpaired) electrons. The van der Waals surface area contributed by atoms with Crippen LogP contribution in [0.15, 0.2) is 42.0 Å². The Balaban J connectivity index is 0.970. The molecule has 14 saturated carbocycles. The molecule has 0 saturated heterocycles. The second-order valence-electron chi connectivity index (χ2n) is 22.9. The third kappa shape index (κ3) is 2.41.